The number of ether oxygens (including phenoxy) is 1. The van der Waals surface area contributed by atoms with E-state index in [2.05, 4.69) is 5.32 Å². The van der Waals surface area contributed by atoms with Gasteiger partial charge in [0.2, 0.25) is 0 Å². The van der Waals surface area contributed by atoms with Crippen LogP contribution in [0, 0.1) is 0 Å². The number of carbonyl (C=O) groups is 1. The quantitative estimate of drug-likeness (QED) is 0.806. The molecule has 1 rings (SSSR count). The summed E-state index contributed by atoms with van der Waals surface area (Å²) in [6, 6.07) is 6.81. The zero-order valence-electron chi connectivity index (χ0n) is 9.78. The van der Waals surface area contributed by atoms with Gasteiger partial charge in [0.15, 0.2) is 0 Å². The molecular weight excluding hydrogens is 206 g/mol. The van der Waals surface area contributed by atoms with Crippen molar-refractivity contribution in [2.75, 3.05) is 13.7 Å². The summed E-state index contributed by atoms with van der Waals surface area (Å²) < 4.78 is 5.00. The van der Waals surface area contributed by atoms with E-state index < -0.39 is 5.54 Å². The average molecular weight is 223 g/mol. The van der Waals surface area contributed by atoms with Crippen molar-refractivity contribution in [3.05, 3.63) is 29.8 Å². The highest BCUT2D eigenvalue weighted by Gasteiger charge is 2.19. The molecule has 0 spiro atoms. The van der Waals surface area contributed by atoms with Gasteiger partial charge < -0.3 is 15.2 Å². The molecule has 1 amide bonds. The molecule has 1 aromatic rings. The fourth-order valence-corrected chi connectivity index (χ4v) is 1.16. The average Bonchev–Trinajstić information content (AvgIpc) is 2.28. The van der Waals surface area contributed by atoms with Crippen LogP contribution in [0.25, 0.3) is 0 Å². The Hall–Kier alpha value is -1.55. The Kier molecular flexibility index (Phi) is 3.90. The van der Waals surface area contributed by atoms with Gasteiger partial charge in [-0.15, -0.1) is 0 Å². The predicted octanol–water partition coefficient (Wildman–Crippen LogP) is 1.20. The zero-order chi connectivity index (χ0) is 12.2. The van der Waals surface area contributed by atoms with Crippen LogP contribution in [0.15, 0.2) is 24.3 Å². The molecule has 0 aliphatic rings. The normalized spacial score (nSPS) is 11.0. The van der Waals surface area contributed by atoms with E-state index in [0.29, 0.717) is 11.3 Å². The van der Waals surface area contributed by atoms with Gasteiger partial charge in [0.1, 0.15) is 5.75 Å². The van der Waals surface area contributed by atoms with E-state index in [0.717, 1.165) is 0 Å². The van der Waals surface area contributed by atoms with Gasteiger partial charge in [-0.2, -0.15) is 0 Å². The summed E-state index contributed by atoms with van der Waals surface area (Å²) in [7, 11) is 1.57. The second kappa shape index (κ2) is 4.99. The number of aliphatic hydroxyl groups is 1. The third-order valence-corrected chi connectivity index (χ3v) is 2.20. The maximum absolute atomic E-state index is 11.8. The molecule has 0 unspecified atom stereocenters. The Morgan fingerprint density at radius 3 is 2.38 bits per heavy atom. The monoisotopic (exact) mass is 223 g/mol. The third-order valence-electron chi connectivity index (χ3n) is 2.20. The number of methoxy groups -OCH3 is 1. The van der Waals surface area contributed by atoms with E-state index in [9.17, 15) is 4.79 Å². The maximum atomic E-state index is 11.8. The highest BCUT2D eigenvalue weighted by molar-refractivity contribution is 5.94. The van der Waals surface area contributed by atoms with Gasteiger partial charge in [-0.1, -0.05) is 0 Å². The number of benzene rings is 1. The fraction of sp³-hybridized carbons (Fsp3) is 0.417. The SMILES string of the molecule is COc1ccc(C(=O)NC(C)(C)CO)cc1. The molecule has 16 heavy (non-hydrogen) atoms. The lowest BCUT2D eigenvalue weighted by Gasteiger charge is -2.23. The van der Waals surface area contributed by atoms with Crippen LogP contribution >= 0.6 is 0 Å². The number of hydrogen-bond acceptors (Lipinski definition) is 3. The Morgan fingerprint density at radius 2 is 1.94 bits per heavy atom. The lowest BCUT2D eigenvalue weighted by Crippen LogP contribution is -2.46. The number of rotatable bonds is 4. The van der Waals surface area contributed by atoms with Crippen molar-refractivity contribution >= 4 is 5.91 Å². The van der Waals surface area contributed by atoms with Gasteiger partial charge >= 0.3 is 0 Å². The Bertz CT molecular complexity index is 357. The molecule has 0 saturated carbocycles. The third kappa shape index (κ3) is 3.24. The van der Waals surface area contributed by atoms with Crippen LogP contribution in [0.2, 0.25) is 0 Å². The molecular formula is C12H17NO3. The number of aliphatic hydroxyl groups excluding tert-OH is 1. The summed E-state index contributed by atoms with van der Waals surface area (Å²) in [5.41, 5.74) is -0.0703. The van der Waals surface area contributed by atoms with E-state index in [-0.39, 0.29) is 12.5 Å². The van der Waals surface area contributed by atoms with Gasteiger partial charge in [-0.05, 0) is 38.1 Å². The topological polar surface area (TPSA) is 58.6 Å². The summed E-state index contributed by atoms with van der Waals surface area (Å²) in [6.45, 7) is 3.41. The first-order chi connectivity index (χ1) is 7.48. The number of carbonyl (C=O) groups excluding carboxylic acids is 1. The first-order valence-corrected chi connectivity index (χ1v) is 5.06. The van der Waals surface area contributed by atoms with Gasteiger partial charge in [0.05, 0.1) is 19.3 Å². The summed E-state index contributed by atoms with van der Waals surface area (Å²) in [5, 5.41) is 11.8. The molecule has 2 N–H and O–H groups in total. The largest absolute Gasteiger partial charge is 0.497 e. The van der Waals surface area contributed by atoms with Crippen molar-refractivity contribution in [1.29, 1.82) is 0 Å². The Balaban J connectivity index is 2.73. The summed E-state index contributed by atoms with van der Waals surface area (Å²) >= 11 is 0. The molecule has 0 aromatic heterocycles. The summed E-state index contributed by atoms with van der Waals surface area (Å²) in [6.07, 6.45) is 0. The minimum absolute atomic E-state index is 0.102. The number of hydrogen-bond donors (Lipinski definition) is 2. The Morgan fingerprint density at radius 1 is 1.38 bits per heavy atom. The maximum Gasteiger partial charge on any atom is 0.251 e. The zero-order valence-corrected chi connectivity index (χ0v) is 9.78. The van der Waals surface area contributed by atoms with E-state index in [1.165, 1.54) is 0 Å². The molecule has 0 saturated heterocycles. The highest BCUT2D eigenvalue weighted by Crippen LogP contribution is 2.12. The van der Waals surface area contributed by atoms with Crippen LogP contribution in [0.3, 0.4) is 0 Å². The van der Waals surface area contributed by atoms with Crippen molar-refractivity contribution in [3.63, 3.8) is 0 Å². The van der Waals surface area contributed by atoms with Crippen LogP contribution in [0.1, 0.15) is 24.2 Å². The van der Waals surface area contributed by atoms with Crippen molar-refractivity contribution in [3.8, 4) is 5.75 Å². The summed E-state index contributed by atoms with van der Waals surface area (Å²) in [4.78, 5) is 11.8. The van der Waals surface area contributed by atoms with Crippen LogP contribution in [-0.4, -0.2) is 30.3 Å². The van der Waals surface area contributed by atoms with Gasteiger partial charge in [0.25, 0.3) is 5.91 Å². The molecule has 0 atom stereocenters. The molecule has 4 nitrogen and oxygen atoms in total. The van der Waals surface area contributed by atoms with Crippen LogP contribution in [0.5, 0.6) is 5.75 Å². The second-order valence-electron chi connectivity index (χ2n) is 4.22. The van der Waals surface area contributed by atoms with Gasteiger partial charge in [-0.3, -0.25) is 4.79 Å². The fourth-order valence-electron chi connectivity index (χ4n) is 1.16. The Labute approximate surface area is 95.2 Å². The van der Waals surface area contributed by atoms with E-state index >= 15 is 0 Å². The van der Waals surface area contributed by atoms with Crippen molar-refractivity contribution in [2.24, 2.45) is 0 Å². The second-order valence-corrected chi connectivity index (χ2v) is 4.22. The minimum Gasteiger partial charge on any atom is -0.497 e. The molecule has 0 aliphatic heterocycles. The first-order valence-electron chi connectivity index (χ1n) is 5.06. The molecule has 0 bridgehead atoms. The predicted molar refractivity (Wildman–Crippen MR) is 61.6 cm³/mol. The number of amides is 1. The first kappa shape index (κ1) is 12.5. The standard InChI is InChI=1S/C12H17NO3/c1-12(2,8-14)13-11(15)9-4-6-10(16-3)7-5-9/h4-7,14H,8H2,1-3H3,(H,13,15). The van der Waals surface area contributed by atoms with E-state index in [1.807, 2.05) is 0 Å². The minimum atomic E-state index is -0.614. The highest BCUT2D eigenvalue weighted by atomic mass is 16.5. The molecule has 1 aromatic carbocycles. The molecule has 0 heterocycles. The number of nitrogens with one attached hydrogen (secondary N) is 1. The molecule has 0 fully saturated rings. The molecule has 0 aliphatic carbocycles. The van der Waals surface area contributed by atoms with Crippen molar-refractivity contribution in [1.82, 2.24) is 5.32 Å². The molecule has 88 valence electrons. The van der Waals surface area contributed by atoms with Gasteiger partial charge in [0, 0.05) is 5.56 Å². The lowest BCUT2D eigenvalue weighted by molar-refractivity contribution is 0.0869. The summed E-state index contributed by atoms with van der Waals surface area (Å²) in [5.74, 6) is 0.500. The van der Waals surface area contributed by atoms with Crippen LogP contribution < -0.4 is 10.1 Å². The molecule has 4 heteroatoms. The van der Waals surface area contributed by atoms with Crippen molar-refractivity contribution in [2.45, 2.75) is 19.4 Å². The van der Waals surface area contributed by atoms with Crippen LogP contribution in [-0.2, 0) is 0 Å². The van der Waals surface area contributed by atoms with Gasteiger partial charge in [-0.25, -0.2) is 0 Å². The van der Waals surface area contributed by atoms with Crippen LogP contribution in [0.4, 0.5) is 0 Å². The lowest BCUT2D eigenvalue weighted by atomic mass is 10.1. The van der Waals surface area contributed by atoms with E-state index in [1.54, 1.807) is 45.2 Å². The smallest absolute Gasteiger partial charge is 0.251 e. The van der Waals surface area contributed by atoms with Crippen molar-refractivity contribution < 1.29 is 14.6 Å². The molecule has 0 radical (unpaired) electrons. The van der Waals surface area contributed by atoms with E-state index in [4.69, 9.17) is 9.84 Å².